The molecule has 0 aliphatic heterocycles. The van der Waals surface area contributed by atoms with Gasteiger partial charge in [0.1, 0.15) is 17.9 Å². The average Bonchev–Trinajstić information content (AvgIpc) is 2.96. The first-order chi connectivity index (χ1) is 11.1. The minimum Gasteiger partial charge on any atom is -0.492 e. The number of nitrogens with zero attached hydrogens (tertiary/aromatic N) is 2. The van der Waals surface area contributed by atoms with Gasteiger partial charge < -0.3 is 18.9 Å². The van der Waals surface area contributed by atoms with Crippen LogP contribution in [0.1, 0.15) is 18.7 Å². The smallest absolute Gasteiger partial charge is 0.336 e. The lowest BCUT2D eigenvalue weighted by Gasteiger charge is -2.14. The van der Waals surface area contributed by atoms with Gasteiger partial charge in [-0.2, -0.15) is 0 Å². The van der Waals surface area contributed by atoms with Gasteiger partial charge in [0.25, 0.3) is 0 Å². The van der Waals surface area contributed by atoms with Crippen molar-refractivity contribution < 1.29 is 13.6 Å². The third-order valence-electron chi connectivity index (χ3n) is 3.26. The summed E-state index contributed by atoms with van der Waals surface area (Å²) < 4.78 is 16.1. The van der Waals surface area contributed by atoms with Gasteiger partial charge >= 0.3 is 5.63 Å². The molecule has 0 aliphatic rings. The fraction of sp³-hybridized carbons (Fsp3) is 0.312. The third kappa shape index (κ3) is 3.95. The molecule has 1 N–H and O–H groups in total. The van der Waals surface area contributed by atoms with Gasteiger partial charge in [-0.05, 0) is 25.1 Å². The topological polar surface area (TPSA) is 90.4 Å². The van der Waals surface area contributed by atoms with Crippen molar-refractivity contribution in [2.24, 2.45) is 0 Å². The Hall–Kier alpha value is -2.67. The zero-order valence-electron chi connectivity index (χ0n) is 12.9. The molecule has 0 spiro atoms. The number of rotatable bonds is 6. The Bertz CT molecular complexity index is 856. The molecule has 0 radical (unpaired) electrons. The Kier molecular flexibility index (Phi) is 4.38. The molecule has 0 saturated carbocycles. The number of ether oxygens (including phenoxy) is 1. The summed E-state index contributed by atoms with van der Waals surface area (Å²) in [6, 6.07) is 8.62. The van der Waals surface area contributed by atoms with E-state index in [-0.39, 0.29) is 11.7 Å². The van der Waals surface area contributed by atoms with Gasteiger partial charge in [-0.1, -0.05) is 0 Å². The minimum absolute atomic E-state index is 0.0840. The molecule has 0 fully saturated rings. The lowest BCUT2D eigenvalue weighted by atomic mass is 10.2. The predicted octanol–water partition coefficient (Wildman–Crippen LogP) is 2.04. The minimum atomic E-state index is -0.375. The van der Waals surface area contributed by atoms with Crippen molar-refractivity contribution in [1.82, 2.24) is 15.5 Å². The Balaban J connectivity index is 1.55. The molecule has 0 aliphatic carbocycles. The molecule has 0 bridgehead atoms. The van der Waals surface area contributed by atoms with Gasteiger partial charge in [-0.15, -0.1) is 10.2 Å². The zero-order valence-corrected chi connectivity index (χ0v) is 12.9. The molecule has 1 aromatic carbocycles. The fourth-order valence-electron chi connectivity index (χ4n) is 2.08. The van der Waals surface area contributed by atoms with Crippen molar-refractivity contribution in [2.75, 3.05) is 6.61 Å². The first-order valence-electron chi connectivity index (χ1n) is 7.29. The SMILES string of the molecule is Cc1nnc(CNC(C)COc2ccc3ccc(=O)oc3c2)o1. The molecule has 1 unspecified atom stereocenters. The highest BCUT2D eigenvalue weighted by Gasteiger charge is 2.07. The molecule has 0 saturated heterocycles. The Morgan fingerprint density at radius 1 is 1.22 bits per heavy atom. The van der Waals surface area contributed by atoms with Crippen molar-refractivity contribution in [2.45, 2.75) is 26.4 Å². The van der Waals surface area contributed by atoms with Gasteiger partial charge in [0.2, 0.25) is 11.8 Å². The molecule has 120 valence electrons. The van der Waals surface area contributed by atoms with Crippen LogP contribution in [-0.2, 0) is 6.54 Å². The van der Waals surface area contributed by atoms with E-state index in [0.717, 1.165) is 5.39 Å². The van der Waals surface area contributed by atoms with Crippen molar-refractivity contribution in [3.8, 4) is 5.75 Å². The van der Waals surface area contributed by atoms with Crippen molar-refractivity contribution in [3.63, 3.8) is 0 Å². The quantitative estimate of drug-likeness (QED) is 0.696. The molecular weight excluding hydrogens is 298 g/mol. The molecule has 1 atom stereocenters. The molecule has 2 heterocycles. The standard InChI is InChI=1S/C16H17N3O4/c1-10(17-8-15-19-18-11(2)22-15)9-21-13-5-3-12-4-6-16(20)23-14(12)7-13/h3-7,10,17H,8-9H2,1-2H3. The van der Waals surface area contributed by atoms with E-state index in [1.54, 1.807) is 19.1 Å². The van der Waals surface area contributed by atoms with Crippen LogP contribution in [0.3, 0.4) is 0 Å². The van der Waals surface area contributed by atoms with Crippen LogP contribution < -0.4 is 15.7 Å². The van der Waals surface area contributed by atoms with Crippen LogP contribution in [0.5, 0.6) is 5.75 Å². The van der Waals surface area contributed by atoms with Gasteiger partial charge in [-0.3, -0.25) is 0 Å². The molecule has 23 heavy (non-hydrogen) atoms. The molecule has 0 amide bonds. The summed E-state index contributed by atoms with van der Waals surface area (Å²) in [5, 5.41) is 11.8. The Morgan fingerprint density at radius 3 is 2.83 bits per heavy atom. The Morgan fingerprint density at radius 2 is 2.04 bits per heavy atom. The number of aromatic nitrogens is 2. The number of nitrogens with one attached hydrogen (secondary N) is 1. The number of aryl methyl sites for hydroxylation is 1. The van der Waals surface area contributed by atoms with Crippen LogP contribution in [0, 0.1) is 6.92 Å². The summed E-state index contributed by atoms with van der Waals surface area (Å²) in [4.78, 5) is 11.2. The van der Waals surface area contributed by atoms with Crippen LogP contribution >= 0.6 is 0 Å². The lowest BCUT2D eigenvalue weighted by Crippen LogP contribution is -2.31. The van der Waals surface area contributed by atoms with Gasteiger partial charge in [-0.25, -0.2) is 4.79 Å². The molecule has 2 aromatic heterocycles. The molecule has 7 nitrogen and oxygen atoms in total. The van der Waals surface area contributed by atoms with Crippen LogP contribution in [0.2, 0.25) is 0 Å². The third-order valence-corrected chi connectivity index (χ3v) is 3.26. The summed E-state index contributed by atoms with van der Waals surface area (Å²) in [6.07, 6.45) is 0. The molecule has 7 heteroatoms. The Labute approximate surface area is 132 Å². The van der Waals surface area contributed by atoms with E-state index in [2.05, 4.69) is 15.5 Å². The van der Waals surface area contributed by atoms with E-state index in [1.165, 1.54) is 6.07 Å². The van der Waals surface area contributed by atoms with E-state index in [1.807, 2.05) is 19.1 Å². The van der Waals surface area contributed by atoms with Crippen molar-refractivity contribution >= 4 is 11.0 Å². The second-order valence-corrected chi connectivity index (χ2v) is 5.26. The second-order valence-electron chi connectivity index (χ2n) is 5.26. The summed E-state index contributed by atoms with van der Waals surface area (Å²) in [5.41, 5.74) is 0.136. The normalized spacial score (nSPS) is 12.4. The van der Waals surface area contributed by atoms with Crippen LogP contribution in [-0.4, -0.2) is 22.8 Å². The van der Waals surface area contributed by atoms with Gasteiger partial charge in [0.15, 0.2) is 0 Å². The largest absolute Gasteiger partial charge is 0.492 e. The summed E-state index contributed by atoms with van der Waals surface area (Å²) in [5.74, 6) is 1.74. The van der Waals surface area contributed by atoms with E-state index in [9.17, 15) is 4.79 Å². The lowest BCUT2D eigenvalue weighted by molar-refractivity contribution is 0.268. The van der Waals surface area contributed by atoms with Crippen molar-refractivity contribution in [1.29, 1.82) is 0 Å². The maximum absolute atomic E-state index is 11.2. The number of fused-ring (bicyclic) bond motifs is 1. The monoisotopic (exact) mass is 315 g/mol. The average molecular weight is 315 g/mol. The first kappa shape index (κ1) is 15.2. The molecule has 3 rings (SSSR count). The molecule has 3 aromatic rings. The summed E-state index contributed by atoms with van der Waals surface area (Å²) in [6.45, 7) is 4.68. The van der Waals surface area contributed by atoms with Crippen LogP contribution in [0.4, 0.5) is 0 Å². The van der Waals surface area contributed by atoms with E-state index in [0.29, 0.717) is 36.3 Å². The second kappa shape index (κ2) is 6.62. The number of hydrogen-bond acceptors (Lipinski definition) is 7. The highest BCUT2D eigenvalue weighted by atomic mass is 16.5. The number of benzene rings is 1. The van der Waals surface area contributed by atoms with Gasteiger partial charge in [0, 0.05) is 30.5 Å². The van der Waals surface area contributed by atoms with E-state index >= 15 is 0 Å². The summed E-state index contributed by atoms with van der Waals surface area (Å²) >= 11 is 0. The maximum atomic E-state index is 11.2. The van der Waals surface area contributed by atoms with Crippen LogP contribution in [0.15, 0.2) is 44.0 Å². The first-order valence-corrected chi connectivity index (χ1v) is 7.29. The van der Waals surface area contributed by atoms with E-state index in [4.69, 9.17) is 13.6 Å². The van der Waals surface area contributed by atoms with Crippen molar-refractivity contribution in [3.05, 3.63) is 52.5 Å². The highest BCUT2D eigenvalue weighted by molar-refractivity contribution is 5.77. The predicted molar refractivity (Wildman–Crippen MR) is 83.3 cm³/mol. The maximum Gasteiger partial charge on any atom is 0.336 e. The summed E-state index contributed by atoms with van der Waals surface area (Å²) in [7, 11) is 0. The zero-order chi connectivity index (χ0) is 16.2. The van der Waals surface area contributed by atoms with E-state index < -0.39 is 0 Å². The van der Waals surface area contributed by atoms with Crippen LogP contribution in [0.25, 0.3) is 11.0 Å². The highest BCUT2D eigenvalue weighted by Crippen LogP contribution is 2.19. The van der Waals surface area contributed by atoms with Gasteiger partial charge in [0.05, 0.1) is 6.54 Å². The fourth-order valence-corrected chi connectivity index (χ4v) is 2.08. The number of hydrogen-bond donors (Lipinski definition) is 1. The molecular formula is C16H17N3O4.